The highest BCUT2D eigenvalue weighted by molar-refractivity contribution is 5.74. The molecule has 222 valence electrons. The predicted molar refractivity (Wildman–Crippen MR) is 162 cm³/mol. The summed E-state index contributed by atoms with van der Waals surface area (Å²) in [7, 11) is 3.62. The van der Waals surface area contributed by atoms with Gasteiger partial charge in [0.15, 0.2) is 0 Å². The van der Waals surface area contributed by atoms with E-state index in [1.807, 2.05) is 68.3 Å². The molecule has 1 aliphatic heterocycles. The van der Waals surface area contributed by atoms with Crippen LogP contribution in [0.2, 0.25) is 0 Å². The van der Waals surface area contributed by atoms with Gasteiger partial charge in [-0.15, -0.1) is 0 Å². The normalized spacial score (nSPS) is 17.9. The Morgan fingerprint density at radius 3 is 2.58 bits per heavy atom. The summed E-state index contributed by atoms with van der Waals surface area (Å²) >= 11 is 0. The Labute approximate surface area is 241 Å². The molecule has 0 aliphatic carbocycles. The van der Waals surface area contributed by atoms with Crippen LogP contribution in [0.15, 0.2) is 42.5 Å². The van der Waals surface area contributed by atoms with Crippen molar-refractivity contribution in [1.29, 1.82) is 0 Å². The van der Waals surface area contributed by atoms with Crippen LogP contribution in [0.25, 0.3) is 0 Å². The molecule has 2 aromatic carbocycles. The molecule has 2 aromatic rings. The average molecular weight is 554 g/mol. The molecule has 1 fully saturated rings. The average Bonchev–Trinajstić information content (AvgIpc) is 2.93. The van der Waals surface area contributed by atoms with Gasteiger partial charge in [-0.3, -0.25) is 0 Å². The van der Waals surface area contributed by atoms with Crippen LogP contribution in [0.1, 0.15) is 69.1 Å². The smallest absolute Gasteiger partial charge is 0.317 e. The van der Waals surface area contributed by atoms with Crippen molar-refractivity contribution < 1.29 is 19.4 Å². The number of ether oxygens (including phenoxy) is 2. The van der Waals surface area contributed by atoms with Crippen molar-refractivity contribution in [2.24, 2.45) is 11.8 Å². The number of aliphatic hydroxyl groups is 1. The standard InChI is InChI=1S/C33H51N3O4/c1-24(2)21-28(22-34-5)35-32(37)36-19-12-15-27(23-36)33(38,18-9-10-20-39-6)29-16-11-14-26(4)31(29)40-30-17-8-7-13-25(30)3/h7-8,11,13-14,16-17,24,27-28,34,38H,9-10,12,15,18-23H2,1-6H3,(H,35,37)/t27-,28+,33+/m1/s1. The Hall–Kier alpha value is -2.61. The molecule has 3 N–H and O–H groups in total. The van der Waals surface area contributed by atoms with E-state index in [0.717, 1.165) is 61.1 Å². The van der Waals surface area contributed by atoms with Crippen molar-refractivity contribution in [3.8, 4) is 11.5 Å². The van der Waals surface area contributed by atoms with Gasteiger partial charge in [0, 0.05) is 50.9 Å². The quantitative estimate of drug-likeness (QED) is 0.244. The first-order valence-electron chi connectivity index (χ1n) is 14.9. The van der Waals surface area contributed by atoms with Crippen LogP contribution in [-0.4, -0.2) is 62.5 Å². The summed E-state index contributed by atoms with van der Waals surface area (Å²) in [6.07, 6.45) is 4.84. The molecule has 1 saturated heterocycles. The van der Waals surface area contributed by atoms with Gasteiger partial charge in [-0.1, -0.05) is 50.2 Å². The Morgan fingerprint density at radius 1 is 1.12 bits per heavy atom. The van der Waals surface area contributed by atoms with Crippen LogP contribution in [0.4, 0.5) is 4.79 Å². The van der Waals surface area contributed by atoms with Crippen LogP contribution in [0.5, 0.6) is 11.5 Å². The molecular weight excluding hydrogens is 502 g/mol. The minimum absolute atomic E-state index is 0.0482. The highest BCUT2D eigenvalue weighted by Gasteiger charge is 2.43. The molecule has 2 amide bonds. The third-order valence-corrected chi connectivity index (χ3v) is 8.06. The van der Waals surface area contributed by atoms with Gasteiger partial charge in [0.05, 0.1) is 5.60 Å². The lowest BCUT2D eigenvalue weighted by Crippen LogP contribution is -2.54. The largest absolute Gasteiger partial charge is 0.456 e. The second-order valence-electron chi connectivity index (χ2n) is 11.8. The van der Waals surface area contributed by atoms with Crippen molar-refractivity contribution in [1.82, 2.24) is 15.5 Å². The SMILES string of the molecule is CNC[C@H](CC(C)C)NC(=O)N1CCC[C@@H]([C@@](O)(CCCCOC)c2cccc(C)c2Oc2ccccc2C)C1. The summed E-state index contributed by atoms with van der Waals surface area (Å²) in [5.41, 5.74) is 1.66. The number of para-hydroxylation sites is 2. The van der Waals surface area contributed by atoms with Gasteiger partial charge >= 0.3 is 6.03 Å². The molecule has 0 spiro atoms. The molecular formula is C33H51N3O4. The summed E-state index contributed by atoms with van der Waals surface area (Å²) in [5.74, 6) is 1.85. The molecule has 7 heteroatoms. The summed E-state index contributed by atoms with van der Waals surface area (Å²) in [6.45, 7) is 11.0. The number of nitrogens with one attached hydrogen (secondary N) is 2. The van der Waals surface area contributed by atoms with Crippen molar-refractivity contribution in [2.75, 3.05) is 40.4 Å². The molecule has 0 radical (unpaired) electrons. The number of unbranched alkanes of at least 4 members (excludes halogenated alkanes) is 1. The maximum absolute atomic E-state index is 13.4. The number of benzene rings is 2. The van der Waals surface area contributed by atoms with Crippen LogP contribution in [-0.2, 0) is 10.3 Å². The maximum atomic E-state index is 13.4. The fourth-order valence-electron chi connectivity index (χ4n) is 5.94. The van der Waals surface area contributed by atoms with Gasteiger partial charge < -0.3 is 30.1 Å². The lowest BCUT2D eigenvalue weighted by molar-refractivity contribution is -0.0575. The molecule has 0 saturated carbocycles. The van der Waals surface area contributed by atoms with E-state index in [9.17, 15) is 9.90 Å². The molecule has 3 rings (SSSR count). The van der Waals surface area contributed by atoms with Gasteiger partial charge in [-0.2, -0.15) is 0 Å². The molecule has 3 atom stereocenters. The fraction of sp³-hybridized carbons (Fsp3) is 0.606. The number of piperidine rings is 1. The summed E-state index contributed by atoms with van der Waals surface area (Å²) in [5, 5.41) is 19.1. The molecule has 1 heterocycles. The third-order valence-electron chi connectivity index (χ3n) is 8.06. The van der Waals surface area contributed by atoms with E-state index in [0.29, 0.717) is 37.8 Å². The van der Waals surface area contributed by atoms with Gasteiger partial charge in [0.25, 0.3) is 0 Å². The molecule has 0 aromatic heterocycles. The number of hydrogen-bond acceptors (Lipinski definition) is 5. The van der Waals surface area contributed by atoms with E-state index in [2.05, 4.69) is 24.5 Å². The Morgan fingerprint density at radius 2 is 1.88 bits per heavy atom. The monoisotopic (exact) mass is 553 g/mol. The lowest BCUT2D eigenvalue weighted by atomic mass is 9.73. The first-order chi connectivity index (χ1) is 19.2. The maximum Gasteiger partial charge on any atom is 0.317 e. The Balaban J connectivity index is 1.92. The minimum atomic E-state index is -1.15. The topological polar surface area (TPSA) is 83.1 Å². The number of carbonyl (C=O) groups is 1. The summed E-state index contributed by atoms with van der Waals surface area (Å²) in [6, 6.07) is 14.0. The van der Waals surface area contributed by atoms with Crippen molar-refractivity contribution >= 4 is 6.03 Å². The van der Waals surface area contributed by atoms with Crippen LogP contribution in [0, 0.1) is 25.7 Å². The third kappa shape index (κ3) is 8.45. The number of likely N-dealkylation sites (N-methyl/N-ethyl adjacent to an activating group) is 1. The number of aryl methyl sites for hydroxylation is 2. The number of urea groups is 1. The molecule has 0 unspecified atom stereocenters. The van der Waals surface area contributed by atoms with Gasteiger partial charge in [-0.25, -0.2) is 4.79 Å². The molecule has 7 nitrogen and oxygen atoms in total. The van der Waals surface area contributed by atoms with Crippen molar-refractivity contribution in [3.63, 3.8) is 0 Å². The van der Waals surface area contributed by atoms with E-state index in [-0.39, 0.29) is 18.0 Å². The van der Waals surface area contributed by atoms with Gasteiger partial charge in [-0.05, 0) is 82.5 Å². The summed E-state index contributed by atoms with van der Waals surface area (Å²) < 4.78 is 11.8. The highest BCUT2D eigenvalue weighted by atomic mass is 16.5. The first-order valence-corrected chi connectivity index (χ1v) is 14.9. The van der Waals surface area contributed by atoms with E-state index in [1.165, 1.54) is 0 Å². The number of amides is 2. The Kier molecular flexibility index (Phi) is 12.3. The van der Waals surface area contributed by atoms with Gasteiger partial charge in [0.1, 0.15) is 11.5 Å². The van der Waals surface area contributed by atoms with E-state index in [1.54, 1.807) is 7.11 Å². The van der Waals surface area contributed by atoms with Crippen LogP contribution in [0.3, 0.4) is 0 Å². The first kappa shape index (κ1) is 31.9. The van der Waals surface area contributed by atoms with Crippen molar-refractivity contribution in [2.45, 2.75) is 77.9 Å². The molecule has 0 bridgehead atoms. The lowest BCUT2D eigenvalue weighted by Gasteiger charge is -2.43. The van der Waals surface area contributed by atoms with E-state index >= 15 is 0 Å². The van der Waals surface area contributed by atoms with Crippen molar-refractivity contribution in [3.05, 3.63) is 59.2 Å². The minimum Gasteiger partial charge on any atom is -0.456 e. The number of carbonyl (C=O) groups excluding carboxylic acids is 1. The Bertz CT molecular complexity index is 1080. The predicted octanol–water partition coefficient (Wildman–Crippen LogP) is 6.16. The highest BCUT2D eigenvalue weighted by Crippen LogP contribution is 2.45. The van der Waals surface area contributed by atoms with Gasteiger partial charge in [0.2, 0.25) is 0 Å². The second-order valence-corrected chi connectivity index (χ2v) is 11.8. The zero-order valence-corrected chi connectivity index (χ0v) is 25.5. The molecule has 40 heavy (non-hydrogen) atoms. The second kappa shape index (κ2) is 15.4. The fourth-order valence-corrected chi connectivity index (χ4v) is 5.94. The zero-order valence-electron chi connectivity index (χ0n) is 25.5. The number of methoxy groups -OCH3 is 1. The van der Waals surface area contributed by atoms with E-state index in [4.69, 9.17) is 9.47 Å². The molecule has 1 aliphatic rings. The number of rotatable bonds is 14. The van der Waals surface area contributed by atoms with Crippen LogP contribution < -0.4 is 15.4 Å². The number of nitrogens with zero attached hydrogens (tertiary/aromatic N) is 1. The summed E-state index contributed by atoms with van der Waals surface area (Å²) in [4.78, 5) is 15.3. The van der Waals surface area contributed by atoms with Crippen LogP contribution >= 0.6 is 0 Å². The van der Waals surface area contributed by atoms with E-state index < -0.39 is 5.60 Å². The number of likely N-dealkylation sites (tertiary alicyclic amines) is 1. The zero-order chi connectivity index (χ0) is 29.1. The number of hydrogen-bond donors (Lipinski definition) is 3.